The fourth-order valence-corrected chi connectivity index (χ4v) is 3.21. The number of hydrogen-bond donors (Lipinski definition) is 0. The van der Waals surface area contributed by atoms with Gasteiger partial charge in [-0.3, -0.25) is 4.90 Å². The molecule has 21 heavy (non-hydrogen) atoms. The van der Waals surface area contributed by atoms with E-state index in [4.69, 9.17) is 10.2 Å². The van der Waals surface area contributed by atoms with Crippen molar-refractivity contribution in [3.05, 3.63) is 17.2 Å². The molecule has 1 saturated carbocycles. The predicted molar refractivity (Wildman–Crippen MR) is 78.1 cm³/mol. The smallest absolute Gasteiger partial charge is 0.112 e. The monoisotopic (exact) mass is 283 g/mol. The Morgan fingerprint density at radius 1 is 1.38 bits per heavy atom. The highest BCUT2D eigenvalue weighted by atomic mass is 15.2. The molecule has 1 aliphatic heterocycles. The summed E-state index contributed by atoms with van der Waals surface area (Å²) in [5.74, 6) is 1.89. The summed E-state index contributed by atoms with van der Waals surface area (Å²) in [7, 11) is 2.14. The zero-order valence-corrected chi connectivity index (χ0v) is 12.5. The SMILES string of the molecule is Cn1c(C2CC2)nc2c1CCN(CC(C#N)CCC#N)C2. The first kappa shape index (κ1) is 14.1. The molecule has 110 valence electrons. The molecule has 0 bridgehead atoms. The van der Waals surface area contributed by atoms with Gasteiger partial charge in [-0.05, 0) is 19.3 Å². The van der Waals surface area contributed by atoms with Crippen LogP contribution in [0.15, 0.2) is 0 Å². The van der Waals surface area contributed by atoms with Gasteiger partial charge in [0.2, 0.25) is 0 Å². The largest absolute Gasteiger partial charge is 0.335 e. The van der Waals surface area contributed by atoms with Crippen LogP contribution in [-0.2, 0) is 20.0 Å². The van der Waals surface area contributed by atoms with Crippen LogP contribution in [0.5, 0.6) is 0 Å². The van der Waals surface area contributed by atoms with E-state index in [2.05, 4.69) is 28.7 Å². The third-order valence-corrected chi connectivity index (χ3v) is 4.58. The van der Waals surface area contributed by atoms with E-state index in [0.717, 1.165) is 26.1 Å². The number of nitrogens with zero attached hydrogens (tertiary/aromatic N) is 5. The summed E-state index contributed by atoms with van der Waals surface area (Å²) in [4.78, 5) is 7.16. The second kappa shape index (κ2) is 5.87. The van der Waals surface area contributed by atoms with E-state index >= 15 is 0 Å². The molecule has 1 aliphatic carbocycles. The third-order valence-electron chi connectivity index (χ3n) is 4.58. The van der Waals surface area contributed by atoms with Gasteiger partial charge >= 0.3 is 0 Å². The first-order chi connectivity index (χ1) is 10.2. The number of imidazole rings is 1. The van der Waals surface area contributed by atoms with Crippen molar-refractivity contribution < 1.29 is 0 Å². The fraction of sp³-hybridized carbons (Fsp3) is 0.688. The number of hydrogen-bond acceptors (Lipinski definition) is 4. The maximum Gasteiger partial charge on any atom is 0.112 e. The van der Waals surface area contributed by atoms with Crippen LogP contribution in [0.25, 0.3) is 0 Å². The molecule has 1 atom stereocenters. The lowest BCUT2D eigenvalue weighted by atomic mass is 10.0. The molecule has 0 spiro atoms. The highest BCUT2D eigenvalue weighted by Gasteiger charge is 2.32. The predicted octanol–water partition coefficient (Wildman–Crippen LogP) is 2.10. The van der Waals surface area contributed by atoms with E-state index in [1.165, 1.54) is 30.1 Å². The molecule has 1 aromatic heterocycles. The molecule has 1 fully saturated rings. The summed E-state index contributed by atoms with van der Waals surface area (Å²) >= 11 is 0. The van der Waals surface area contributed by atoms with Crippen LogP contribution in [-0.4, -0.2) is 27.5 Å². The minimum absolute atomic E-state index is 0.0437. The van der Waals surface area contributed by atoms with Gasteiger partial charge in [0.1, 0.15) is 5.82 Å². The van der Waals surface area contributed by atoms with Gasteiger partial charge in [-0.15, -0.1) is 0 Å². The van der Waals surface area contributed by atoms with E-state index in [9.17, 15) is 5.26 Å². The van der Waals surface area contributed by atoms with Crippen LogP contribution in [0.4, 0.5) is 0 Å². The highest BCUT2D eigenvalue weighted by Crippen LogP contribution is 2.40. The Balaban J connectivity index is 1.66. The van der Waals surface area contributed by atoms with Gasteiger partial charge in [0.15, 0.2) is 0 Å². The van der Waals surface area contributed by atoms with E-state index in [1.807, 2.05) is 0 Å². The average molecular weight is 283 g/mol. The van der Waals surface area contributed by atoms with Gasteiger partial charge < -0.3 is 4.57 Å². The third kappa shape index (κ3) is 2.94. The van der Waals surface area contributed by atoms with Crippen molar-refractivity contribution in [1.29, 1.82) is 10.5 Å². The molecule has 1 unspecified atom stereocenters. The summed E-state index contributed by atoms with van der Waals surface area (Å²) in [5.41, 5.74) is 2.57. The molecule has 0 radical (unpaired) electrons. The van der Waals surface area contributed by atoms with Crippen LogP contribution in [0.1, 0.15) is 48.8 Å². The van der Waals surface area contributed by atoms with Gasteiger partial charge in [-0.1, -0.05) is 0 Å². The molecular formula is C16H21N5. The molecule has 0 amide bonds. The van der Waals surface area contributed by atoms with Crippen molar-refractivity contribution >= 4 is 0 Å². The normalized spacial score (nSPS) is 19.6. The molecule has 0 aromatic carbocycles. The van der Waals surface area contributed by atoms with E-state index in [0.29, 0.717) is 18.8 Å². The van der Waals surface area contributed by atoms with Crippen LogP contribution >= 0.6 is 0 Å². The number of aromatic nitrogens is 2. The summed E-state index contributed by atoms with van der Waals surface area (Å²) < 4.78 is 2.29. The lowest BCUT2D eigenvalue weighted by Crippen LogP contribution is -2.34. The zero-order chi connectivity index (χ0) is 14.8. The molecule has 5 heteroatoms. The molecule has 5 nitrogen and oxygen atoms in total. The lowest BCUT2D eigenvalue weighted by Gasteiger charge is -2.28. The Hall–Kier alpha value is -1.85. The minimum Gasteiger partial charge on any atom is -0.335 e. The minimum atomic E-state index is -0.0437. The van der Waals surface area contributed by atoms with Crippen LogP contribution < -0.4 is 0 Å². The standard InChI is InChI=1S/C16H21N5/c1-20-15-6-8-21(10-12(9-18)3-2-7-17)11-14(15)19-16(20)13-4-5-13/h12-13H,2-6,8,10-11H2,1H3. The maximum atomic E-state index is 9.20. The van der Waals surface area contributed by atoms with Crippen molar-refractivity contribution in [2.24, 2.45) is 13.0 Å². The van der Waals surface area contributed by atoms with Crippen molar-refractivity contribution in [1.82, 2.24) is 14.5 Å². The first-order valence-electron chi connectivity index (χ1n) is 7.76. The Morgan fingerprint density at radius 2 is 2.19 bits per heavy atom. The Morgan fingerprint density at radius 3 is 2.86 bits per heavy atom. The number of fused-ring (bicyclic) bond motifs is 1. The molecule has 2 aliphatic rings. The molecule has 1 aromatic rings. The van der Waals surface area contributed by atoms with Crippen molar-refractivity contribution in [2.45, 2.75) is 44.6 Å². The van der Waals surface area contributed by atoms with Crippen LogP contribution in [0.3, 0.4) is 0 Å². The van der Waals surface area contributed by atoms with Gasteiger partial charge in [0.25, 0.3) is 0 Å². The summed E-state index contributed by atoms with van der Waals surface area (Å²) in [5, 5.41) is 17.9. The van der Waals surface area contributed by atoms with Crippen molar-refractivity contribution in [3.8, 4) is 12.1 Å². The summed E-state index contributed by atoms with van der Waals surface area (Å²) in [6.45, 7) is 2.59. The van der Waals surface area contributed by atoms with Gasteiger partial charge in [0.05, 0.1) is 23.8 Å². The van der Waals surface area contributed by atoms with Crippen LogP contribution in [0.2, 0.25) is 0 Å². The quantitative estimate of drug-likeness (QED) is 0.830. The lowest BCUT2D eigenvalue weighted by molar-refractivity contribution is 0.224. The zero-order valence-electron chi connectivity index (χ0n) is 12.5. The highest BCUT2D eigenvalue weighted by molar-refractivity contribution is 5.23. The van der Waals surface area contributed by atoms with Crippen molar-refractivity contribution in [2.75, 3.05) is 13.1 Å². The fourth-order valence-electron chi connectivity index (χ4n) is 3.21. The topological polar surface area (TPSA) is 68.6 Å². The molecule has 2 heterocycles. The van der Waals surface area contributed by atoms with E-state index in [1.54, 1.807) is 0 Å². The first-order valence-corrected chi connectivity index (χ1v) is 7.76. The molecule has 0 N–H and O–H groups in total. The van der Waals surface area contributed by atoms with Gasteiger partial charge in [-0.2, -0.15) is 10.5 Å². The Labute approximate surface area is 125 Å². The molecule has 3 rings (SSSR count). The maximum absolute atomic E-state index is 9.20. The number of nitriles is 2. The second-order valence-corrected chi connectivity index (χ2v) is 6.20. The van der Waals surface area contributed by atoms with Crippen LogP contribution in [0, 0.1) is 28.6 Å². The second-order valence-electron chi connectivity index (χ2n) is 6.20. The summed E-state index contributed by atoms with van der Waals surface area (Å²) in [6.07, 6.45) is 4.71. The summed E-state index contributed by atoms with van der Waals surface area (Å²) in [6, 6.07) is 4.46. The van der Waals surface area contributed by atoms with E-state index in [-0.39, 0.29) is 5.92 Å². The van der Waals surface area contributed by atoms with Gasteiger partial charge in [-0.25, -0.2) is 4.98 Å². The van der Waals surface area contributed by atoms with Crippen molar-refractivity contribution in [3.63, 3.8) is 0 Å². The molecule has 0 saturated heterocycles. The Bertz CT molecular complexity index is 599. The molecular weight excluding hydrogens is 262 g/mol. The van der Waals surface area contributed by atoms with E-state index < -0.39 is 0 Å². The number of rotatable bonds is 5. The Kier molecular flexibility index (Phi) is 3.94. The van der Waals surface area contributed by atoms with Gasteiger partial charge in [0, 0.05) is 51.1 Å². The average Bonchev–Trinajstić information content (AvgIpc) is 3.28.